The van der Waals surface area contributed by atoms with Gasteiger partial charge in [0.2, 0.25) is 10.0 Å². The van der Waals surface area contributed by atoms with Crippen molar-refractivity contribution in [1.82, 2.24) is 9.29 Å². The van der Waals surface area contributed by atoms with Gasteiger partial charge >= 0.3 is 5.97 Å². The Morgan fingerprint density at radius 2 is 1.85 bits per heavy atom. The Balaban J connectivity index is 1.43. The molecule has 0 radical (unpaired) electrons. The zero-order chi connectivity index (χ0) is 24.1. The molecule has 0 saturated carbocycles. The summed E-state index contributed by atoms with van der Waals surface area (Å²) in [5, 5.41) is 3.42. The summed E-state index contributed by atoms with van der Waals surface area (Å²) in [5.74, 6) is -1.22. The number of pyridine rings is 1. The molecule has 3 aromatic rings. The van der Waals surface area contributed by atoms with Crippen molar-refractivity contribution in [3.63, 3.8) is 0 Å². The minimum atomic E-state index is -3.86. The van der Waals surface area contributed by atoms with E-state index in [-0.39, 0.29) is 35.1 Å². The third-order valence-electron chi connectivity index (χ3n) is 5.18. The van der Waals surface area contributed by atoms with Crippen LogP contribution < -0.4 is 10.1 Å². The highest BCUT2D eigenvalue weighted by molar-refractivity contribution is 7.89. The van der Waals surface area contributed by atoms with Crippen molar-refractivity contribution in [2.75, 3.05) is 45.3 Å². The van der Waals surface area contributed by atoms with E-state index in [1.807, 2.05) is 12.1 Å². The van der Waals surface area contributed by atoms with Crippen LogP contribution in [0.2, 0.25) is 0 Å². The molecule has 34 heavy (non-hydrogen) atoms. The Morgan fingerprint density at radius 1 is 1.09 bits per heavy atom. The Morgan fingerprint density at radius 3 is 2.62 bits per heavy atom. The van der Waals surface area contributed by atoms with Gasteiger partial charge in [0.05, 0.1) is 25.8 Å². The van der Waals surface area contributed by atoms with E-state index in [9.17, 15) is 18.0 Å². The molecular weight excluding hydrogens is 462 g/mol. The van der Waals surface area contributed by atoms with Gasteiger partial charge < -0.3 is 19.5 Å². The van der Waals surface area contributed by atoms with E-state index in [2.05, 4.69) is 10.3 Å². The lowest BCUT2D eigenvalue weighted by atomic mass is 10.2. The first kappa shape index (κ1) is 23.6. The summed E-state index contributed by atoms with van der Waals surface area (Å²) in [5.41, 5.74) is 0.931. The van der Waals surface area contributed by atoms with Crippen LogP contribution in [0.5, 0.6) is 5.75 Å². The first-order valence-corrected chi connectivity index (χ1v) is 11.9. The van der Waals surface area contributed by atoms with E-state index < -0.39 is 28.5 Å². The molecule has 4 rings (SSSR count). The van der Waals surface area contributed by atoms with E-state index >= 15 is 0 Å². The van der Waals surface area contributed by atoms with Crippen LogP contribution in [0.25, 0.3) is 10.9 Å². The van der Waals surface area contributed by atoms with Crippen molar-refractivity contribution >= 4 is 38.5 Å². The Bertz CT molecular complexity index is 1320. The number of carbonyl (C=O) groups is 2. The minimum Gasteiger partial charge on any atom is -0.495 e. The van der Waals surface area contributed by atoms with Gasteiger partial charge in [-0.2, -0.15) is 4.31 Å². The molecular formula is C23H23N3O7S. The maximum Gasteiger partial charge on any atom is 0.357 e. The molecule has 0 spiro atoms. The highest BCUT2D eigenvalue weighted by atomic mass is 32.2. The standard InChI is InChI=1S/C23H23N3O7S/c1-31-20-9-7-17(14-21(20)34(29,30)26-10-12-32-13-11-26)24-22(27)15-33-23(28)19-8-6-16-4-2-3-5-18(16)25-19/h2-9,14H,10-13,15H2,1H3,(H,24,27). The molecule has 2 heterocycles. The van der Waals surface area contributed by atoms with Gasteiger partial charge in [-0.3, -0.25) is 4.79 Å². The van der Waals surface area contributed by atoms with Gasteiger partial charge in [-0.05, 0) is 30.3 Å². The zero-order valence-corrected chi connectivity index (χ0v) is 19.2. The van der Waals surface area contributed by atoms with E-state index in [1.54, 1.807) is 18.2 Å². The summed E-state index contributed by atoms with van der Waals surface area (Å²) in [6.45, 7) is 0.484. The summed E-state index contributed by atoms with van der Waals surface area (Å²) < 4.78 is 43.0. The number of anilines is 1. The number of methoxy groups -OCH3 is 1. The number of hydrogen-bond acceptors (Lipinski definition) is 8. The fourth-order valence-corrected chi connectivity index (χ4v) is 5.05. The highest BCUT2D eigenvalue weighted by Gasteiger charge is 2.29. The van der Waals surface area contributed by atoms with Crippen molar-refractivity contribution in [2.45, 2.75) is 4.90 Å². The van der Waals surface area contributed by atoms with Crippen LogP contribution in [0.4, 0.5) is 5.69 Å². The monoisotopic (exact) mass is 485 g/mol. The number of fused-ring (bicyclic) bond motifs is 1. The van der Waals surface area contributed by atoms with Gasteiger partial charge in [-0.1, -0.05) is 24.3 Å². The van der Waals surface area contributed by atoms with E-state index in [0.717, 1.165) is 5.39 Å². The summed E-state index contributed by atoms with van der Waals surface area (Å²) >= 11 is 0. The Hall–Kier alpha value is -3.54. The number of aromatic nitrogens is 1. The van der Waals surface area contributed by atoms with E-state index in [0.29, 0.717) is 18.7 Å². The average Bonchev–Trinajstić information content (AvgIpc) is 2.87. The second kappa shape index (κ2) is 10.2. The van der Waals surface area contributed by atoms with Crippen molar-refractivity contribution in [3.05, 3.63) is 60.3 Å². The summed E-state index contributed by atoms with van der Waals surface area (Å²) in [4.78, 5) is 28.8. The fourth-order valence-electron chi connectivity index (χ4n) is 3.46. The molecule has 0 atom stereocenters. The summed E-state index contributed by atoms with van der Waals surface area (Å²) in [7, 11) is -2.49. The normalized spacial score (nSPS) is 14.5. The number of benzene rings is 2. The predicted octanol–water partition coefficient (Wildman–Crippen LogP) is 2.06. The molecule has 1 saturated heterocycles. The number of amides is 1. The number of para-hydroxylation sites is 1. The molecule has 0 unspecified atom stereocenters. The van der Waals surface area contributed by atoms with Crippen LogP contribution in [-0.2, 0) is 24.3 Å². The fraction of sp³-hybridized carbons (Fsp3) is 0.261. The Labute approximate surface area is 196 Å². The van der Waals surface area contributed by atoms with Crippen molar-refractivity contribution < 1.29 is 32.2 Å². The number of sulfonamides is 1. The maximum atomic E-state index is 13.1. The molecule has 1 fully saturated rings. The van der Waals surface area contributed by atoms with Crippen molar-refractivity contribution in [1.29, 1.82) is 0 Å². The molecule has 2 aromatic carbocycles. The van der Waals surface area contributed by atoms with Crippen LogP contribution in [0.15, 0.2) is 59.5 Å². The van der Waals surface area contributed by atoms with Gasteiger partial charge in [0, 0.05) is 24.2 Å². The number of hydrogen-bond donors (Lipinski definition) is 1. The van der Waals surface area contributed by atoms with Crippen molar-refractivity contribution in [2.24, 2.45) is 0 Å². The molecule has 1 aliphatic rings. The lowest BCUT2D eigenvalue weighted by Gasteiger charge is -2.26. The van der Waals surface area contributed by atoms with Crippen LogP contribution in [0.1, 0.15) is 10.5 Å². The smallest absolute Gasteiger partial charge is 0.357 e. The third kappa shape index (κ3) is 5.16. The number of rotatable bonds is 7. The predicted molar refractivity (Wildman–Crippen MR) is 123 cm³/mol. The quantitative estimate of drug-likeness (QED) is 0.505. The molecule has 1 N–H and O–H groups in total. The number of morpholine rings is 1. The molecule has 10 nitrogen and oxygen atoms in total. The summed E-state index contributed by atoms with van der Waals surface area (Å²) in [6, 6.07) is 14.8. The van der Waals surface area contributed by atoms with E-state index in [1.165, 1.54) is 35.7 Å². The van der Waals surface area contributed by atoms with Gasteiger partial charge in [0.25, 0.3) is 5.91 Å². The lowest BCUT2D eigenvalue weighted by Crippen LogP contribution is -2.40. The topological polar surface area (TPSA) is 124 Å². The van der Waals surface area contributed by atoms with Crippen LogP contribution in [0.3, 0.4) is 0 Å². The van der Waals surface area contributed by atoms with Gasteiger partial charge in [-0.15, -0.1) is 0 Å². The molecule has 178 valence electrons. The molecule has 1 aromatic heterocycles. The Kier molecular flexibility index (Phi) is 7.06. The summed E-state index contributed by atoms with van der Waals surface area (Å²) in [6.07, 6.45) is 0. The molecule has 11 heteroatoms. The minimum absolute atomic E-state index is 0.0768. The largest absolute Gasteiger partial charge is 0.495 e. The first-order valence-electron chi connectivity index (χ1n) is 10.5. The maximum absolute atomic E-state index is 13.1. The average molecular weight is 486 g/mol. The van der Waals surface area contributed by atoms with Crippen LogP contribution >= 0.6 is 0 Å². The molecule has 1 amide bonds. The number of ether oxygens (including phenoxy) is 3. The lowest BCUT2D eigenvalue weighted by molar-refractivity contribution is -0.119. The number of esters is 1. The van der Waals surface area contributed by atoms with Gasteiger partial charge in [-0.25, -0.2) is 18.2 Å². The first-order chi connectivity index (χ1) is 16.4. The third-order valence-corrected chi connectivity index (χ3v) is 7.10. The van der Waals surface area contributed by atoms with Gasteiger partial charge in [0.15, 0.2) is 6.61 Å². The second-order valence-corrected chi connectivity index (χ2v) is 9.30. The molecule has 0 bridgehead atoms. The van der Waals surface area contributed by atoms with E-state index in [4.69, 9.17) is 14.2 Å². The highest BCUT2D eigenvalue weighted by Crippen LogP contribution is 2.30. The SMILES string of the molecule is COc1ccc(NC(=O)COC(=O)c2ccc3ccccc3n2)cc1S(=O)(=O)N1CCOCC1. The second-order valence-electron chi connectivity index (χ2n) is 7.40. The number of nitrogens with zero attached hydrogens (tertiary/aromatic N) is 2. The number of carbonyl (C=O) groups excluding carboxylic acids is 2. The number of nitrogens with one attached hydrogen (secondary N) is 1. The van der Waals surface area contributed by atoms with Crippen molar-refractivity contribution in [3.8, 4) is 5.75 Å². The van der Waals surface area contributed by atoms with Crippen LogP contribution in [0, 0.1) is 0 Å². The zero-order valence-electron chi connectivity index (χ0n) is 18.4. The van der Waals surface area contributed by atoms with Gasteiger partial charge in [0.1, 0.15) is 16.3 Å². The van der Waals surface area contributed by atoms with Crippen LogP contribution in [-0.4, -0.2) is 69.6 Å². The molecule has 0 aliphatic carbocycles. The molecule has 1 aliphatic heterocycles.